The fraction of sp³-hybridized carbons (Fsp3) is 0.818. The molecule has 1 atom stereocenters. The van der Waals surface area contributed by atoms with Crippen LogP contribution in [0.1, 0.15) is 27.7 Å². The minimum Gasteiger partial charge on any atom is -0.409 e. The summed E-state index contributed by atoms with van der Waals surface area (Å²) >= 11 is 1.68. The highest BCUT2D eigenvalue weighted by Gasteiger charge is 2.28. The topological polar surface area (TPSA) is 87.7 Å². The number of nitrogens with zero attached hydrogens (tertiary/aromatic N) is 1. The average Bonchev–Trinajstić information content (AvgIpc) is 2.26. The lowest BCUT2D eigenvalue weighted by Crippen LogP contribution is -2.45. The second-order valence-electron chi connectivity index (χ2n) is 4.93. The highest BCUT2D eigenvalue weighted by atomic mass is 32.2. The first-order valence-electron chi connectivity index (χ1n) is 5.55. The first-order chi connectivity index (χ1) is 7.75. The molecule has 0 saturated carbocycles. The number of thioether (sulfide) groups is 1. The van der Waals surface area contributed by atoms with E-state index in [4.69, 9.17) is 10.9 Å². The summed E-state index contributed by atoms with van der Waals surface area (Å²) < 4.78 is -0.0255. The third-order valence-corrected chi connectivity index (χ3v) is 3.87. The highest BCUT2D eigenvalue weighted by Crippen LogP contribution is 2.20. The summed E-state index contributed by atoms with van der Waals surface area (Å²) in [4.78, 5) is 12.0. The predicted octanol–water partition coefficient (Wildman–Crippen LogP) is 1.26. The van der Waals surface area contributed by atoms with Crippen molar-refractivity contribution in [2.45, 2.75) is 32.4 Å². The molecular weight excluding hydrogens is 238 g/mol. The van der Waals surface area contributed by atoms with Gasteiger partial charge in [-0.1, -0.05) is 19.0 Å². The van der Waals surface area contributed by atoms with Gasteiger partial charge in [0.15, 0.2) is 5.84 Å². The number of hydrogen-bond donors (Lipinski definition) is 3. The van der Waals surface area contributed by atoms with Crippen molar-refractivity contribution in [1.82, 2.24) is 5.32 Å². The molecule has 0 fully saturated rings. The van der Waals surface area contributed by atoms with Gasteiger partial charge in [0, 0.05) is 11.3 Å². The van der Waals surface area contributed by atoms with Crippen molar-refractivity contribution >= 4 is 23.5 Å². The normalized spacial score (nSPS) is 14.8. The van der Waals surface area contributed by atoms with Crippen molar-refractivity contribution in [1.29, 1.82) is 0 Å². The zero-order valence-corrected chi connectivity index (χ0v) is 12.0. The average molecular weight is 261 g/mol. The second kappa shape index (κ2) is 6.74. The predicted molar refractivity (Wildman–Crippen MR) is 72.3 cm³/mol. The van der Waals surface area contributed by atoms with Crippen LogP contribution in [-0.2, 0) is 4.79 Å². The summed E-state index contributed by atoms with van der Waals surface area (Å²) in [5.74, 6) is -0.835. The van der Waals surface area contributed by atoms with Gasteiger partial charge in [0.05, 0.1) is 0 Å². The molecule has 0 aromatic heterocycles. The van der Waals surface area contributed by atoms with E-state index in [0.717, 1.165) is 0 Å². The number of carbonyl (C=O) groups excluding carboxylic acids is 1. The summed E-state index contributed by atoms with van der Waals surface area (Å²) in [6.07, 6.45) is 2.00. The Morgan fingerprint density at radius 2 is 2.06 bits per heavy atom. The molecule has 4 N–H and O–H groups in total. The van der Waals surface area contributed by atoms with Crippen LogP contribution in [0.2, 0.25) is 0 Å². The molecule has 0 aromatic carbocycles. The molecule has 0 saturated heterocycles. The number of carbonyl (C=O) groups is 1. The van der Waals surface area contributed by atoms with Gasteiger partial charge < -0.3 is 16.3 Å². The van der Waals surface area contributed by atoms with Crippen LogP contribution in [-0.4, -0.2) is 34.5 Å². The molecule has 0 aromatic rings. The van der Waals surface area contributed by atoms with Gasteiger partial charge in [0.2, 0.25) is 5.91 Å². The van der Waals surface area contributed by atoms with E-state index in [2.05, 4.69) is 10.5 Å². The quantitative estimate of drug-likeness (QED) is 0.291. The smallest absolute Gasteiger partial charge is 0.231 e. The van der Waals surface area contributed by atoms with Gasteiger partial charge in [-0.2, -0.15) is 11.8 Å². The third-order valence-electron chi connectivity index (χ3n) is 2.62. The molecule has 0 aliphatic carbocycles. The number of amidine groups is 1. The Hall–Kier alpha value is -0.910. The summed E-state index contributed by atoms with van der Waals surface area (Å²) in [5.41, 5.74) is 5.52. The van der Waals surface area contributed by atoms with Crippen LogP contribution in [0, 0.1) is 11.8 Å². The molecule has 0 heterocycles. The monoisotopic (exact) mass is 261 g/mol. The minimum atomic E-state index is -0.586. The summed E-state index contributed by atoms with van der Waals surface area (Å²) in [5, 5.41) is 14.4. The van der Waals surface area contributed by atoms with Crippen LogP contribution in [0.3, 0.4) is 0 Å². The first-order valence-corrected chi connectivity index (χ1v) is 6.78. The molecule has 1 amide bonds. The largest absolute Gasteiger partial charge is 0.409 e. The number of oxime groups is 1. The van der Waals surface area contributed by atoms with E-state index in [1.807, 2.05) is 34.0 Å². The van der Waals surface area contributed by atoms with E-state index in [1.54, 1.807) is 11.8 Å². The lowest BCUT2D eigenvalue weighted by molar-refractivity contribution is -0.124. The molecule has 6 heteroatoms. The van der Waals surface area contributed by atoms with Crippen molar-refractivity contribution in [3.05, 3.63) is 0 Å². The van der Waals surface area contributed by atoms with Gasteiger partial charge in [0.25, 0.3) is 0 Å². The van der Waals surface area contributed by atoms with Gasteiger partial charge in [-0.05, 0) is 26.0 Å². The maximum atomic E-state index is 12.0. The van der Waals surface area contributed by atoms with Crippen LogP contribution in [0.4, 0.5) is 0 Å². The fourth-order valence-corrected chi connectivity index (χ4v) is 1.54. The number of nitrogens with one attached hydrogen (secondary N) is 1. The van der Waals surface area contributed by atoms with E-state index in [0.29, 0.717) is 6.54 Å². The van der Waals surface area contributed by atoms with E-state index >= 15 is 0 Å². The molecule has 100 valence electrons. The van der Waals surface area contributed by atoms with E-state index < -0.39 is 5.92 Å². The molecule has 0 aliphatic rings. The van der Waals surface area contributed by atoms with Crippen molar-refractivity contribution < 1.29 is 10.0 Å². The first kappa shape index (κ1) is 16.1. The van der Waals surface area contributed by atoms with Crippen molar-refractivity contribution in [2.24, 2.45) is 22.7 Å². The van der Waals surface area contributed by atoms with Gasteiger partial charge in [0.1, 0.15) is 5.92 Å². The van der Waals surface area contributed by atoms with Gasteiger partial charge >= 0.3 is 0 Å². The van der Waals surface area contributed by atoms with Gasteiger partial charge in [-0.15, -0.1) is 0 Å². The molecule has 1 unspecified atom stereocenters. The summed E-state index contributed by atoms with van der Waals surface area (Å²) in [6, 6.07) is 0. The maximum absolute atomic E-state index is 12.0. The number of amides is 1. The Kier molecular flexibility index (Phi) is 6.37. The SMILES string of the molecule is CSC(C)(C)CNC(=O)C(C(N)=NO)C(C)C. The highest BCUT2D eigenvalue weighted by molar-refractivity contribution is 7.99. The Morgan fingerprint density at radius 3 is 2.41 bits per heavy atom. The molecular formula is C11H23N3O2S. The van der Waals surface area contributed by atoms with Crippen molar-refractivity contribution in [3.8, 4) is 0 Å². The van der Waals surface area contributed by atoms with Crippen LogP contribution >= 0.6 is 11.8 Å². The molecule has 0 rings (SSSR count). The maximum Gasteiger partial charge on any atom is 0.231 e. The number of nitrogens with two attached hydrogens (primary N) is 1. The van der Waals surface area contributed by atoms with Crippen LogP contribution in [0.5, 0.6) is 0 Å². The van der Waals surface area contributed by atoms with Crippen molar-refractivity contribution in [3.63, 3.8) is 0 Å². The van der Waals surface area contributed by atoms with E-state index in [1.165, 1.54) is 0 Å². The van der Waals surface area contributed by atoms with Crippen LogP contribution in [0.25, 0.3) is 0 Å². The molecule has 0 aliphatic heterocycles. The van der Waals surface area contributed by atoms with E-state index in [-0.39, 0.29) is 22.4 Å². The molecule has 0 radical (unpaired) electrons. The Labute approximate surface area is 107 Å². The number of rotatable bonds is 6. The number of hydrogen-bond acceptors (Lipinski definition) is 4. The third kappa shape index (κ3) is 5.30. The second-order valence-corrected chi connectivity index (χ2v) is 6.44. The van der Waals surface area contributed by atoms with Gasteiger partial charge in [-0.25, -0.2) is 0 Å². The minimum absolute atomic E-state index is 0.0108. The zero-order valence-electron chi connectivity index (χ0n) is 11.2. The standard InChI is InChI=1S/C11H23N3O2S/c1-7(2)8(9(12)14-16)10(15)13-6-11(3,4)17-5/h7-8,16H,6H2,1-5H3,(H2,12,14)(H,13,15). The van der Waals surface area contributed by atoms with Crippen LogP contribution < -0.4 is 11.1 Å². The lowest BCUT2D eigenvalue weighted by Gasteiger charge is -2.25. The summed E-state index contributed by atoms with van der Waals surface area (Å²) in [6.45, 7) is 8.37. The van der Waals surface area contributed by atoms with E-state index in [9.17, 15) is 4.79 Å². The Morgan fingerprint density at radius 1 is 1.53 bits per heavy atom. The van der Waals surface area contributed by atoms with Crippen molar-refractivity contribution in [2.75, 3.05) is 12.8 Å². The molecule has 0 spiro atoms. The fourth-order valence-electron chi connectivity index (χ4n) is 1.32. The van der Waals surface area contributed by atoms with Gasteiger partial charge in [-0.3, -0.25) is 4.79 Å². The Bertz CT molecular complexity index is 290. The lowest BCUT2D eigenvalue weighted by atomic mass is 9.93. The summed E-state index contributed by atoms with van der Waals surface area (Å²) in [7, 11) is 0. The zero-order chi connectivity index (χ0) is 13.6. The molecule has 17 heavy (non-hydrogen) atoms. The molecule has 5 nitrogen and oxygen atoms in total. The Balaban J connectivity index is 4.56. The molecule has 0 bridgehead atoms. The van der Waals surface area contributed by atoms with Crippen LogP contribution in [0.15, 0.2) is 5.16 Å².